The highest BCUT2D eigenvalue weighted by molar-refractivity contribution is 5.74. The largest absolute Gasteiger partial charge is 0.481 e. The molecule has 6 heteroatoms. The highest BCUT2D eigenvalue weighted by Gasteiger charge is 2.32. The van der Waals surface area contributed by atoms with E-state index in [2.05, 4.69) is 10.2 Å². The van der Waals surface area contributed by atoms with Crippen molar-refractivity contribution in [3.05, 3.63) is 0 Å². The summed E-state index contributed by atoms with van der Waals surface area (Å²) < 4.78 is 0. The second-order valence-electron chi connectivity index (χ2n) is 5.54. The van der Waals surface area contributed by atoms with E-state index in [1.807, 2.05) is 4.90 Å². The van der Waals surface area contributed by atoms with Gasteiger partial charge in [0.2, 0.25) is 0 Å². The highest BCUT2D eigenvalue weighted by atomic mass is 16.4. The van der Waals surface area contributed by atoms with E-state index >= 15 is 0 Å². The fraction of sp³-hybridized carbons (Fsp3) is 0.846. The van der Waals surface area contributed by atoms with Crippen LogP contribution in [-0.4, -0.2) is 65.7 Å². The summed E-state index contributed by atoms with van der Waals surface area (Å²) in [6, 6.07) is 0.474. The summed E-state index contributed by atoms with van der Waals surface area (Å²) in [5, 5.41) is 11.6. The second kappa shape index (κ2) is 6.23. The SMILES string of the molecule is CC(CCNC(=O)N1CCN2CCCC2C1)C(=O)O. The fourth-order valence-electron chi connectivity index (χ4n) is 2.81. The van der Waals surface area contributed by atoms with Crippen LogP contribution < -0.4 is 5.32 Å². The van der Waals surface area contributed by atoms with Gasteiger partial charge in [-0.1, -0.05) is 6.92 Å². The Labute approximate surface area is 113 Å². The Balaban J connectivity index is 1.70. The molecule has 0 aromatic rings. The Kier molecular flexibility index (Phi) is 4.63. The average Bonchev–Trinajstić information content (AvgIpc) is 2.85. The molecule has 2 aliphatic heterocycles. The number of piperazine rings is 1. The van der Waals surface area contributed by atoms with Crippen molar-refractivity contribution >= 4 is 12.0 Å². The Bertz CT molecular complexity index is 348. The summed E-state index contributed by atoms with van der Waals surface area (Å²) in [4.78, 5) is 27.0. The van der Waals surface area contributed by atoms with E-state index < -0.39 is 11.9 Å². The maximum absolute atomic E-state index is 12.0. The van der Waals surface area contributed by atoms with Crippen LogP contribution in [0.5, 0.6) is 0 Å². The van der Waals surface area contributed by atoms with Crippen molar-refractivity contribution < 1.29 is 14.7 Å². The van der Waals surface area contributed by atoms with Crippen LogP contribution in [0.25, 0.3) is 0 Å². The van der Waals surface area contributed by atoms with E-state index in [1.54, 1.807) is 6.92 Å². The van der Waals surface area contributed by atoms with E-state index in [0.29, 0.717) is 19.0 Å². The minimum absolute atomic E-state index is 0.0517. The third-order valence-corrected chi connectivity index (χ3v) is 4.15. The van der Waals surface area contributed by atoms with Gasteiger partial charge in [0.15, 0.2) is 0 Å². The van der Waals surface area contributed by atoms with Gasteiger partial charge in [-0.15, -0.1) is 0 Å². The molecule has 2 amide bonds. The topological polar surface area (TPSA) is 72.9 Å². The molecular formula is C13H23N3O3. The molecule has 0 aliphatic carbocycles. The summed E-state index contributed by atoms with van der Waals surface area (Å²) >= 11 is 0. The van der Waals surface area contributed by atoms with E-state index in [0.717, 1.165) is 26.2 Å². The minimum Gasteiger partial charge on any atom is -0.481 e. The van der Waals surface area contributed by atoms with Gasteiger partial charge in [-0.25, -0.2) is 4.79 Å². The summed E-state index contributed by atoms with van der Waals surface area (Å²) in [6.45, 7) is 5.79. The Hall–Kier alpha value is -1.30. The second-order valence-corrected chi connectivity index (χ2v) is 5.54. The molecular weight excluding hydrogens is 246 g/mol. The van der Waals surface area contributed by atoms with Gasteiger partial charge < -0.3 is 15.3 Å². The molecule has 0 aromatic heterocycles. The van der Waals surface area contributed by atoms with Crippen molar-refractivity contribution in [3.8, 4) is 0 Å². The fourth-order valence-corrected chi connectivity index (χ4v) is 2.81. The third kappa shape index (κ3) is 3.59. The highest BCUT2D eigenvalue weighted by Crippen LogP contribution is 2.21. The number of fused-ring (bicyclic) bond motifs is 1. The van der Waals surface area contributed by atoms with Gasteiger partial charge in [-0.3, -0.25) is 9.69 Å². The minimum atomic E-state index is -0.811. The number of carbonyl (C=O) groups excluding carboxylic acids is 1. The van der Waals surface area contributed by atoms with Gasteiger partial charge in [0.05, 0.1) is 5.92 Å². The normalized spacial score (nSPS) is 24.9. The summed E-state index contributed by atoms with van der Waals surface area (Å²) in [6.07, 6.45) is 2.89. The summed E-state index contributed by atoms with van der Waals surface area (Å²) in [5.74, 6) is -1.22. The van der Waals surface area contributed by atoms with E-state index in [9.17, 15) is 9.59 Å². The molecule has 2 saturated heterocycles. The van der Waals surface area contributed by atoms with Crippen LogP contribution >= 0.6 is 0 Å². The van der Waals surface area contributed by atoms with Crippen molar-refractivity contribution in [2.24, 2.45) is 5.92 Å². The monoisotopic (exact) mass is 269 g/mol. The zero-order chi connectivity index (χ0) is 13.8. The third-order valence-electron chi connectivity index (χ3n) is 4.15. The summed E-state index contributed by atoms with van der Waals surface area (Å²) in [5.41, 5.74) is 0. The van der Waals surface area contributed by atoms with Crippen LogP contribution in [0.1, 0.15) is 26.2 Å². The number of rotatable bonds is 4. The zero-order valence-corrected chi connectivity index (χ0v) is 11.5. The van der Waals surface area contributed by atoms with Gasteiger partial charge in [-0.2, -0.15) is 0 Å². The van der Waals surface area contributed by atoms with Crippen molar-refractivity contribution in [2.75, 3.05) is 32.7 Å². The Morgan fingerprint density at radius 3 is 2.89 bits per heavy atom. The molecule has 2 N–H and O–H groups in total. The number of hydrogen-bond acceptors (Lipinski definition) is 3. The van der Waals surface area contributed by atoms with E-state index in [1.165, 1.54) is 12.8 Å². The molecule has 0 saturated carbocycles. The molecule has 0 spiro atoms. The van der Waals surface area contributed by atoms with Crippen LogP contribution in [-0.2, 0) is 4.79 Å². The van der Waals surface area contributed by atoms with Gasteiger partial charge in [0.25, 0.3) is 0 Å². The van der Waals surface area contributed by atoms with Crippen molar-refractivity contribution in [3.63, 3.8) is 0 Å². The zero-order valence-electron chi connectivity index (χ0n) is 11.5. The number of urea groups is 1. The molecule has 2 fully saturated rings. The van der Waals surface area contributed by atoms with Gasteiger partial charge in [-0.05, 0) is 25.8 Å². The first-order valence-corrected chi connectivity index (χ1v) is 7.07. The molecule has 6 nitrogen and oxygen atoms in total. The lowest BCUT2D eigenvalue weighted by molar-refractivity contribution is -0.141. The maximum Gasteiger partial charge on any atom is 0.317 e. The van der Waals surface area contributed by atoms with Crippen LogP contribution in [0.15, 0.2) is 0 Å². The molecule has 2 rings (SSSR count). The van der Waals surface area contributed by atoms with Gasteiger partial charge >= 0.3 is 12.0 Å². The van der Waals surface area contributed by atoms with Gasteiger partial charge in [0.1, 0.15) is 0 Å². The number of amides is 2. The van der Waals surface area contributed by atoms with Crippen molar-refractivity contribution in [1.29, 1.82) is 0 Å². The molecule has 0 radical (unpaired) electrons. The molecule has 0 aromatic carbocycles. The first-order valence-electron chi connectivity index (χ1n) is 7.07. The molecule has 108 valence electrons. The van der Waals surface area contributed by atoms with Gasteiger partial charge in [0, 0.05) is 32.2 Å². The number of nitrogens with zero attached hydrogens (tertiary/aromatic N) is 2. The number of hydrogen-bond donors (Lipinski definition) is 2. The number of carboxylic acids is 1. The van der Waals surface area contributed by atoms with Crippen LogP contribution in [0.2, 0.25) is 0 Å². The molecule has 2 atom stereocenters. The molecule has 2 heterocycles. The number of carboxylic acid groups (broad SMARTS) is 1. The van der Waals surface area contributed by atoms with Crippen molar-refractivity contribution in [1.82, 2.24) is 15.1 Å². The number of carbonyl (C=O) groups is 2. The molecule has 2 aliphatic rings. The first-order chi connectivity index (χ1) is 9.08. The Morgan fingerprint density at radius 2 is 2.16 bits per heavy atom. The van der Waals surface area contributed by atoms with Crippen LogP contribution in [0.4, 0.5) is 4.79 Å². The quantitative estimate of drug-likeness (QED) is 0.783. The predicted molar refractivity (Wildman–Crippen MR) is 71.0 cm³/mol. The smallest absolute Gasteiger partial charge is 0.317 e. The van der Waals surface area contributed by atoms with Crippen LogP contribution in [0, 0.1) is 5.92 Å². The Morgan fingerprint density at radius 1 is 1.37 bits per heavy atom. The summed E-state index contributed by atoms with van der Waals surface area (Å²) in [7, 11) is 0. The molecule has 19 heavy (non-hydrogen) atoms. The lowest BCUT2D eigenvalue weighted by Crippen LogP contribution is -2.54. The van der Waals surface area contributed by atoms with E-state index in [-0.39, 0.29) is 6.03 Å². The average molecular weight is 269 g/mol. The maximum atomic E-state index is 12.0. The van der Waals surface area contributed by atoms with Crippen molar-refractivity contribution in [2.45, 2.75) is 32.2 Å². The predicted octanol–water partition coefficient (Wildman–Crippen LogP) is 0.587. The first kappa shape index (κ1) is 14.1. The molecule has 0 bridgehead atoms. The lowest BCUT2D eigenvalue weighted by atomic mass is 10.1. The number of nitrogens with one attached hydrogen (secondary N) is 1. The van der Waals surface area contributed by atoms with Crippen LogP contribution in [0.3, 0.4) is 0 Å². The lowest BCUT2D eigenvalue weighted by Gasteiger charge is -2.37. The molecule has 2 unspecified atom stereocenters. The standard InChI is InChI=1S/C13H23N3O3/c1-10(12(17)18)4-5-14-13(19)16-8-7-15-6-2-3-11(15)9-16/h10-11H,2-9H2,1H3,(H,14,19)(H,17,18). The number of aliphatic carboxylic acids is 1. The van der Waals surface area contributed by atoms with E-state index in [4.69, 9.17) is 5.11 Å².